The predicted molar refractivity (Wildman–Crippen MR) is 93.5 cm³/mol. The predicted octanol–water partition coefficient (Wildman–Crippen LogP) is 2.07. The van der Waals surface area contributed by atoms with Gasteiger partial charge >= 0.3 is 0 Å². The highest BCUT2D eigenvalue weighted by Gasteiger charge is 2.10. The quantitative estimate of drug-likeness (QED) is 0.690. The van der Waals surface area contributed by atoms with Gasteiger partial charge in [-0.25, -0.2) is 4.39 Å². The van der Waals surface area contributed by atoms with E-state index in [1.165, 1.54) is 30.5 Å². The maximum atomic E-state index is 12.8. The Morgan fingerprint density at radius 3 is 2.42 bits per heavy atom. The third-order valence-corrected chi connectivity index (χ3v) is 3.68. The van der Waals surface area contributed by atoms with Gasteiger partial charge < -0.3 is 0 Å². The van der Waals surface area contributed by atoms with Crippen LogP contribution in [0.3, 0.4) is 0 Å². The number of hydrogen-bond acceptors (Lipinski definition) is 3. The Bertz CT molecular complexity index is 891. The molecule has 0 aliphatic carbocycles. The highest BCUT2D eigenvalue weighted by molar-refractivity contribution is 5.95. The number of carbonyl (C=O) groups is 2. The molecule has 3 aromatic rings. The van der Waals surface area contributed by atoms with Gasteiger partial charge in [-0.15, -0.1) is 0 Å². The molecule has 132 valence electrons. The van der Waals surface area contributed by atoms with Crippen LogP contribution in [0.2, 0.25) is 0 Å². The standard InChI is InChI=1S/C19H17FN4O2/c20-17-8-6-14(7-9-17)10-18(25)22-23-19(26)16-11-21-24(13-16)12-15-4-2-1-3-5-15/h1-9,11,13H,10,12H2,(H,22,25)(H,23,26). The number of aromatic nitrogens is 2. The molecule has 0 saturated heterocycles. The summed E-state index contributed by atoms with van der Waals surface area (Å²) in [4.78, 5) is 23.9. The van der Waals surface area contributed by atoms with Crippen molar-refractivity contribution in [3.8, 4) is 0 Å². The van der Waals surface area contributed by atoms with Crippen molar-refractivity contribution in [1.82, 2.24) is 20.6 Å². The lowest BCUT2D eigenvalue weighted by molar-refractivity contribution is -0.121. The van der Waals surface area contributed by atoms with E-state index < -0.39 is 11.8 Å². The molecule has 0 saturated carbocycles. The minimum absolute atomic E-state index is 0.0355. The summed E-state index contributed by atoms with van der Waals surface area (Å²) < 4.78 is 14.5. The van der Waals surface area contributed by atoms with Crippen LogP contribution in [0.5, 0.6) is 0 Å². The number of nitrogens with zero attached hydrogens (tertiary/aromatic N) is 2. The van der Waals surface area contributed by atoms with Crippen LogP contribution < -0.4 is 10.9 Å². The van der Waals surface area contributed by atoms with Crippen molar-refractivity contribution in [2.75, 3.05) is 0 Å². The molecule has 0 aliphatic rings. The Kier molecular flexibility index (Phi) is 5.38. The van der Waals surface area contributed by atoms with E-state index >= 15 is 0 Å². The Morgan fingerprint density at radius 1 is 0.962 bits per heavy atom. The van der Waals surface area contributed by atoms with Gasteiger partial charge in [-0.05, 0) is 23.3 Å². The molecule has 26 heavy (non-hydrogen) atoms. The van der Waals surface area contributed by atoms with Crippen molar-refractivity contribution in [2.24, 2.45) is 0 Å². The first-order valence-electron chi connectivity index (χ1n) is 8.00. The third-order valence-electron chi connectivity index (χ3n) is 3.68. The number of carbonyl (C=O) groups excluding carboxylic acids is 2. The fraction of sp³-hybridized carbons (Fsp3) is 0.105. The van der Waals surface area contributed by atoms with Gasteiger partial charge in [-0.3, -0.25) is 25.1 Å². The molecule has 1 aromatic heterocycles. The lowest BCUT2D eigenvalue weighted by Gasteiger charge is -2.06. The van der Waals surface area contributed by atoms with Crippen LogP contribution in [0.15, 0.2) is 67.0 Å². The van der Waals surface area contributed by atoms with E-state index in [1.54, 1.807) is 10.9 Å². The van der Waals surface area contributed by atoms with Crippen molar-refractivity contribution < 1.29 is 14.0 Å². The molecule has 0 unspecified atom stereocenters. The molecule has 2 N–H and O–H groups in total. The fourth-order valence-corrected chi connectivity index (χ4v) is 2.37. The molecule has 0 fully saturated rings. The van der Waals surface area contributed by atoms with Crippen molar-refractivity contribution in [3.63, 3.8) is 0 Å². The highest BCUT2D eigenvalue weighted by atomic mass is 19.1. The highest BCUT2D eigenvalue weighted by Crippen LogP contribution is 2.05. The zero-order valence-corrected chi connectivity index (χ0v) is 13.9. The van der Waals surface area contributed by atoms with Crippen molar-refractivity contribution >= 4 is 11.8 Å². The van der Waals surface area contributed by atoms with Gasteiger partial charge in [0.25, 0.3) is 5.91 Å². The van der Waals surface area contributed by atoms with E-state index in [1.807, 2.05) is 30.3 Å². The Hall–Kier alpha value is -3.48. The summed E-state index contributed by atoms with van der Waals surface area (Å²) in [6, 6.07) is 15.3. The largest absolute Gasteiger partial charge is 0.273 e. The molecule has 0 radical (unpaired) electrons. The average Bonchev–Trinajstić information content (AvgIpc) is 3.11. The zero-order valence-electron chi connectivity index (χ0n) is 13.9. The summed E-state index contributed by atoms with van der Waals surface area (Å²) in [5.74, 6) is -1.23. The van der Waals surface area contributed by atoms with Crippen LogP contribution >= 0.6 is 0 Å². The Labute approximate surface area is 149 Å². The molecule has 0 spiro atoms. The molecule has 2 amide bonds. The maximum absolute atomic E-state index is 12.8. The number of halogens is 1. The first-order chi connectivity index (χ1) is 12.6. The SMILES string of the molecule is O=C(Cc1ccc(F)cc1)NNC(=O)c1cnn(Cc2ccccc2)c1. The molecule has 7 heteroatoms. The Morgan fingerprint density at radius 2 is 1.69 bits per heavy atom. The molecule has 0 aliphatic heterocycles. The third kappa shape index (κ3) is 4.76. The van der Waals surface area contributed by atoms with Crippen LogP contribution in [0, 0.1) is 5.82 Å². The van der Waals surface area contributed by atoms with E-state index in [0.29, 0.717) is 17.7 Å². The van der Waals surface area contributed by atoms with E-state index in [0.717, 1.165) is 5.56 Å². The number of hydrogen-bond donors (Lipinski definition) is 2. The average molecular weight is 352 g/mol. The number of benzene rings is 2. The minimum Gasteiger partial charge on any atom is -0.273 e. The first kappa shape index (κ1) is 17.3. The summed E-state index contributed by atoms with van der Waals surface area (Å²) in [7, 11) is 0. The van der Waals surface area contributed by atoms with Gasteiger partial charge in [0.15, 0.2) is 0 Å². The van der Waals surface area contributed by atoms with Crippen LogP contribution in [0.1, 0.15) is 21.5 Å². The molecular weight excluding hydrogens is 335 g/mol. The second-order valence-electron chi connectivity index (χ2n) is 5.72. The van der Waals surface area contributed by atoms with E-state index in [2.05, 4.69) is 16.0 Å². The molecular formula is C19H17FN4O2. The van der Waals surface area contributed by atoms with Crippen LogP contribution in [-0.4, -0.2) is 21.6 Å². The molecule has 0 atom stereocenters. The molecule has 6 nitrogen and oxygen atoms in total. The number of hydrazine groups is 1. The van der Waals surface area contributed by atoms with E-state index in [9.17, 15) is 14.0 Å². The number of amides is 2. The molecule has 1 heterocycles. The molecule has 3 rings (SSSR count). The summed E-state index contributed by atoms with van der Waals surface area (Å²) in [5, 5.41) is 4.14. The monoisotopic (exact) mass is 352 g/mol. The van der Waals surface area contributed by atoms with Gasteiger partial charge in [0.2, 0.25) is 5.91 Å². The maximum Gasteiger partial charge on any atom is 0.272 e. The van der Waals surface area contributed by atoms with E-state index in [-0.39, 0.29) is 12.2 Å². The summed E-state index contributed by atoms with van der Waals surface area (Å²) >= 11 is 0. The van der Waals surface area contributed by atoms with Crippen LogP contribution in [-0.2, 0) is 17.8 Å². The van der Waals surface area contributed by atoms with Crippen LogP contribution in [0.25, 0.3) is 0 Å². The molecule has 2 aromatic carbocycles. The lowest BCUT2D eigenvalue weighted by Crippen LogP contribution is -2.42. The second-order valence-corrected chi connectivity index (χ2v) is 5.72. The van der Waals surface area contributed by atoms with Crippen molar-refractivity contribution in [2.45, 2.75) is 13.0 Å². The second kappa shape index (κ2) is 8.06. The minimum atomic E-state index is -0.461. The van der Waals surface area contributed by atoms with Crippen molar-refractivity contribution in [3.05, 3.63) is 89.5 Å². The number of nitrogens with one attached hydrogen (secondary N) is 2. The molecule has 0 bridgehead atoms. The van der Waals surface area contributed by atoms with Gasteiger partial charge in [0.1, 0.15) is 5.82 Å². The first-order valence-corrected chi connectivity index (χ1v) is 8.00. The lowest BCUT2D eigenvalue weighted by atomic mass is 10.1. The smallest absolute Gasteiger partial charge is 0.272 e. The summed E-state index contributed by atoms with van der Waals surface area (Å²) in [6.45, 7) is 0.547. The van der Waals surface area contributed by atoms with Crippen molar-refractivity contribution in [1.29, 1.82) is 0 Å². The van der Waals surface area contributed by atoms with Crippen LogP contribution in [0.4, 0.5) is 4.39 Å². The van der Waals surface area contributed by atoms with E-state index in [4.69, 9.17) is 0 Å². The topological polar surface area (TPSA) is 76.0 Å². The van der Waals surface area contributed by atoms with Gasteiger partial charge in [0, 0.05) is 6.20 Å². The Balaban J connectivity index is 1.50. The van der Waals surface area contributed by atoms with Gasteiger partial charge in [-0.1, -0.05) is 42.5 Å². The fourth-order valence-electron chi connectivity index (χ4n) is 2.37. The summed E-state index contributed by atoms with van der Waals surface area (Å²) in [6.07, 6.45) is 3.08. The van der Waals surface area contributed by atoms with Gasteiger partial charge in [-0.2, -0.15) is 5.10 Å². The zero-order chi connectivity index (χ0) is 18.4. The normalized spacial score (nSPS) is 10.3. The number of rotatable bonds is 5. The summed E-state index contributed by atoms with van der Waals surface area (Å²) in [5.41, 5.74) is 6.72. The van der Waals surface area contributed by atoms with Gasteiger partial charge in [0.05, 0.1) is 24.7 Å².